The molecule has 5 nitrogen and oxygen atoms in total. The van der Waals surface area contributed by atoms with Crippen LogP contribution in [-0.2, 0) is 9.59 Å². The first-order valence-electron chi connectivity index (χ1n) is 7.82. The number of likely N-dealkylation sites (N-methyl/N-ethyl adjacent to an activating group) is 1. The van der Waals surface area contributed by atoms with Gasteiger partial charge in [0.25, 0.3) is 11.8 Å². The topological polar surface area (TPSA) is 62.6 Å². The Kier molecular flexibility index (Phi) is 6.99. The zero-order valence-electron chi connectivity index (χ0n) is 13.3. The van der Waals surface area contributed by atoms with Crippen LogP contribution in [0.4, 0.5) is 0 Å². The molecule has 1 fully saturated rings. The van der Waals surface area contributed by atoms with E-state index in [1.165, 1.54) is 19.3 Å². The van der Waals surface area contributed by atoms with Crippen molar-refractivity contribution in [3.8, 4) is 0 Å². The van der Waals surface area contributed by atoms with E-state index in [2.05, 4.69) is 10.6 Å². The van der Waals surface area contributed by atoms with Gasteiger partial charge in [0.05, 0.1) is 7.05 Å². The Morgan fingerprint density at radius 2 is 1.75 bits per heavy atom. The van der Waals surface area contributed by atoms with Gasteiger partial charge < -0.3 is 15.5 Å². The third-order valence-electron chi connectivity index (χ3n) is 3.97. The molecule has 1 saturated carbocycles. The number of carbonyl (C=O) groups is 2. The van der Waals surface area contributed by atoms with Crippen LogP contribution in [0, 0.1) is 0 Å². The maximum atomic E-state index is 12.2. The molecule has 20 heavy (non-hydrogen) atoms. The summed E-state index contributed by atoms with van der Waals surface area (Å²) >= 11 is 0. The molecule has 1 rings (SSSR count). The fourth-order valence-electron chi connectivity index (χ4n) is 2.58. The maximum absolute atomic E-state index is 12.2. The van der Waals surface area contributed by atoms with Crippen LogP contribution < -0.4 is 15.5 Å². The maximum Gasteiger partial charge on any atom is 0.278 e. The van der Waals surface area contributed by atoms with Gasteiger partial charge in [-0.2, -0.15) is 0 Å². The first-order chi connectivity index (χ1) is 9.40. The summed E-state index contributed by atoms with van der Waals surface area (Å²) in [7, 11) is 1.89. The standard InChI is InChI=1S/C15H29N3O2/c1-11(2)16-14(19)10-18(4)12(3)15(20)17-13-8-6-5-7-9-13/h11-13H,5-10H2,1-4H3,(H,16,19)(H,17,20)/p+1/t12-/m0/s1. The molecule has 0 aromatic heterocycles. The number of hydrogen-bond donors (Lipinski definition) is 3. The van der Waals surface area contributed by atoms with Crippen molar-refractivity contribution in [2.24, 2.45) is 0 Å². The van der Waals surface area contributed by atoms with Crippen LogP contribution in [0.15, 0.2) is 0 Å². The van der Waals surface area contributed by atoms with Gasteiger partial charge in [0.15, 0.2) is 12.6 Å². The molecule has 2 amide bonds. The predicted octanol–water partition coefficient (Wildman–Crippen LogP) is -0.137. The first-order valence-corrected chi connectivity index (χ1v) is 7.82. The molecule has 5 heteroatoms. The van der Waals surface area contributed by atoms with E-state index in [1.54, 1.807) is 0 Å². The van der Waals surface area contributed by atoms with Crippen molar-refractivity contribution in [3.05, 3.63) is 0 Å². The average molecular weight is 284 g/mol. The number of amides is 2. The average Bonchev–Trinajstić information content (AvgIpc) is 2.37. The number of quaternary nitrogens is 1. The minimum Gasteiger partial charge on any atom is -0.349 e. The Labute approximate surface area is 122 Å². The third kappa shape index (κ3) is 5.90. The van der Waals surface area contributed by atoms with Gasteiger partial charge >= 0.3 is 0 Å². The van der Waals surface area contributed by atoms with Gasteiger partial charge in [-0.15, -0.1) is 0 Å². The Hall–Kier alpha value is -1.10. The number of nitrogens with one attached hydrogen (secondary N) is 3. The summed E-state index contributed by atoms with van der Waals surface area (Å²) in [5.74, 6) is 0.0570. The van der Waals surface area contributed by atoms with Gasteiger partial charge in [0.2, 0.25) is 0 Å². The van der Waals surface area contributed by atoms with E-state index in [1.807, 2.05) is 27.8 Å². The van der Waals surface area contributed by atoms with E-state index >= 15 is 0 Å². The molecule has 0 bridgehead atoms. The van der Waals surface area contributed by atoms with Gasteiger partial charge in [0, 0.05) is 12.1 Å². The van der Waals surface area contributed by atoms with Gasteiger partial charge in [-0.05, 0) is 33.6 Å². The summed E-state index contributed by atoms with van der Waals surface area (Å²) in [6.45, 7) is 6.09. The zero-order valence-corrected chi connectivity index (χ0v) is 13.3. The normalized spacial score (nSPS) is 19.4. The fraction of sp³-hybridized carbons (Fsp3) is 0.867. The molecule has 1 unspecified atom stereocenters. The van der Waals surface area contributed by atoms with E-state index in [9.17, 15) is 9.59 Å². The molecule has 0 aromatic carbocycles. The van der Waals surface area contributed by atoms with Crippen molar-refractivity contribution in [3.63, 3.8) is 0 Å². The summed E-state index contributed by atoms with van der Waals surface area (Å²) < 4.78 is 0. The molecule has 1 aliphatic rings. The van der Waals surface area contributed by atoms with Gasteiger partial charge in [-0.3, -0.25) is 9.59 Å². The molecule has 2 atom stereocenters. The molecule has 0 heterocycles. The van der Waals surface area contributed by atoms with Crippen LogP contribution in [0.1, 0.15) is 52.9 Å². The van der Waals surface area contributed by atoms with Crippen molar-refractivity contribution >= 4 is 11.8 Å². The number of rotatable bonds is 6. The van der Waals surface area contributed by atoms with E-state index < -0.39 is 0 Å². The summed E-state index contributed by atoms with van der Waals surface area (Å²) in [6.07, 6.45) is 5.87. The van der Waals surface area contributed by atoms with E-state index in [4.69, 9.17) is 0 Å². The zero-order chi connectivity index (χ0) is 15.1. The first kappa shape index (κ1) is 17.0. The predicted molar refractivity (Wildman–Crippen MR) is 79.5 cm³/mol. The largest absolute Gasteiger partial charge is 0.349 e. The second-order valence-electron chi connectivity index (χ2n) is 6.31. The molecular formula is C15H30N3O2+. The number of carbonyl (C=O) groups excluding carboxylic acids is 2. The van der Waals surface area contributed by atoms with Crippen LogP contribution in [-0.4, -0.2) is 43.5 Å². The highest BCUT2D eigenvalue weighted by Gasteiger charge is 2.26. The lowest BCUT2D eigenvalue weighted by atomic mass is 9.95. The lowest BCUT2D eigenvalue weighted by Gasteiger charge is -2.26. The highest BCUT2D eigenvalue weighted by Crippen LogP contribution is 2.17. The molecule has 1 aliphatic carbocycles. The van der Waals surface area contributed by atoms with Crippen LogP contribution in [0.2, 0.25) is 0 Å². The lowest BCUT2D eigenvalue weighted by Crippen LogP contribution is -3.15. The minimum absolute atomic E-state index is 0.00480. The quantitative estimate of drug-likeness (QED) is 0.636. The van der Waals surface area contributed by atoms with Crippen LogP contribution in [0.3, 0.4) is 0 Å². The third-order valence-corrected chi connectivity index (χ3v) is 3.97. The Bertz CT molecular complexity index is 325. The Balaban J connectivity index is 2.36. The van der Waals surface area contributed by atoms with Crippen LogP contribution in [0.5, 0.6) is 0 Å². The molecule has 116 valence electrons. The van der Waals surface area contributed by atoms with Gasteiger partial charge in [-0.25, -0.2) is 0 Å². The van der Waals surface area contributed by atoms with Crippen molar-refractivity contribution in [1.82, 2.24) is 10.6 Å². The van der Waals surface area contributed by atoms with E-state index in [0.29, 0.717) is 12.6 Å². The van der Waals surface area contributed by atoms with Crippen molar-refractivity contribution in [2.75, 3.05) is 13.6 Å². The fourth-order valence-corrected chi connectivity index (χ4v) is 2.58. The van der Waals surface area contributed by atoms with E-state index in [-0.39, 0.29) is 23.9 Å². The van der Waals surface area contributed by atoms with Gasteiger partial charge in [0.1, 0.15) is 0 Å². The molecule has 0 saturated heterocycles. The molecule has 0 aromatic rings. The van der Waals surface area contributed by atoms with Crippen molar-refractivity contribution < 1.29 is 14.5 Å². The highest BCUT2D eigenvalue weighted by atomic mass is 16.2. The SMILES string of the molecule is CC(C)NC(=O)C[NH+](C)[C@@H](C)C(=O)NC1CCCCC1. The Morgan fingerprint density at radius 3 is 2.30 bits per heavy atom. The minimum atomic E-state index is -0.199. The van der Waals surface area contributed by atoms with Crippen molar-refractivity contribution in [2.45, 2.75) is 71.0 Å². The second-order valence-corrected chi connectivity index (χ2v) is 6.31. The molecule has 3 N–H and O–H groups in total. The number of hydrogen-bond acceptors (Lipinski definition) is 2. The van der Waals surface area contributed by atoms with Crippen LogP contribution >= 0.6 is 0 Å². The monoisotopic (exact) mass is 284 g/mol. The van der Waals surface area contributed by atoms with E-state index in [0.717, 1.165) is 17.7 Å². The summed E-state index contributed by atoms with van der Waals surface area (Å²) in [5.41, 5.74) is 0. The van der Waals surface area contributed by atoms with Crippen molar-refractivity contribution in [1.29, 1.82) is 0 Å². The molecule has 0 spiro atoms. The molecule has 0 radical (unpaired) electrons. The van der Waals surface area contributed by atoms with Crippen LogP contribution in [0.25, 0.3) is 0 Å². The summed E-state index contributed by atoms with van der Waals surface area (Å²) in [4.78, 5) is 24.8. The second kappa shape index (κ2) is 8.25. The lowest BCUT2D eigenvalue weighted by molar-refractivity contribution is -0.886. The summed E-state index contributed by atoms with van der Waals surface area (Å²) in [5, 5.41) is 5.98. The summed E-state index contributed by atoms with van der Waals surface area (Å²) in [6, 6.07) is 0.271. The molecular weight excluding hydrogens is 254 g/mol. The smallest absolute Gasteiger partial charge is 0.278 e. The molecule has 0 aliphatic heterocycles. The Morgan fingerprint density at radius 1 is 1.15 bits per heavy atom. The van der Waals surface area contributed by atoms with Gasteiger partial charge in [-0.1, -0.05) is 19.3 Å². The highest BCUT2D eigenvalue weighted by molar-refractivity contribution is 5.81.